The Bertz CT molecular complexity index is 491. The van der Waals surface area contributed by atoms with E-state index in [9.17, 15) is 4.79 Å². The summed E-state index contributed by atoms with van der Waals surface area (Å²) in [4.78, 5) is 12.1. The van der Waals surface area contributed by atoms with Crippen molar-refractivity contribution in [2.24, 2.45) is 11.0 Å². The van der Waals surface area contributed by atoms with E-state index < -0.39 is 0 Å². The van der Waals surface area contributed by atoms with Crippen LogP contribution in [0.1, 0.15) is 48.0 Å². The minimum Gasteiger partial charge on any atom is -0.496 e. The number of methoxy groups -OCH3 is 1. The molecule has 1 N–H and O–H groups in total. The van der Waals surface area contributed by atoms with Gasteiger partial charge in [-0.05, 0) is 37.8 Å². The van der Waals surface area contributed by atoms with E-state index >= 15 is 0 Å². The highest BCUT2D eigenvalue weighted by molar-refractivity contribution is 5.96. The zero-order valence-corrected chi connectivity index (χ0v) is 12.2. The maximum atomic E-state index is 12.1. The quantitative estimate of drug-likeness (QED) is 0.676. The fraction of sp³-hybridized carbons (Fsp3) is 0.500. The standard InChI is InChI=1S/C16H22N2O2/c1-12-14(9-6-10-15(12)20-2)16(19)18-17-11-13-7-4-3-5-8-13/h6,9-11,13H,3-5,7-8H2,1-2H3,(H,18,19). The molecular weight excluding hydrogens is 252 g/mol. The smallest absolute Gasteiger partial charge is 0.271 e. The van der Waals surface area contributed by atoms with Crippen molar-refractivity contribution in [3.8, 4) is 5.75 Å². The Morgan fingerprint density at radius 2 is 2.10 bits per heavy atom. The van der Waals surface area contributed by atoms with Crippen LogP contribution < -0.4 is 10.2 Å². The van der Waals surface area contributed by atoms with Crippen molar-refractivity contribution in [3.63, 3.8) is 0 Å². The lowest BCUT2D eigenvalue weighted by Crippen LogP contribution is -2.20. The van der Waals surface area contributed by atoms with Gasteiger partial charge >= 0.3 is 0 Å². The number of amides is 1. The Labute approximate surface area is 120 Å². The monoisotopic (exact) mass is 274 g/mol. The van der Waals surface area contributed by atoms with E-state index in [2.05, 4.69) is 10.5 Å². The predicted molar refractivity (Wildman–Crippen MR) is 80.3 cm³/mol. The molecule has 20 heavy (non-hydrogen) atoms. The molecular formula is C16H22N2O2. The summed E-state index contributed by atoms with van der Waals surface area (Å²) in [5.41, 5.74) is 4.05. The Morgan fingerprint density at radius 3 is 2.80 bits per heavy atom. The van der Waals surface area contributed by atoms with Crippen LogP contribution in [-0.4, -0.2) is 19.2 Å². The fourth-order valence-electron chi connectivity index (χ4n) is 2.63. The molecule has 1 aliphatic carbocycles. The number of benzene rings is 1. The minimum absolute atomic E-state index is 0.187. The maximum absolute atomic E-state index is 12.1. The number of hydrogen-bond donors (Lipinski definition) is 1. The Morgan fingerprint density at radius 1 is 1.35 bits per heavy atom. The molecule has 1 amide bonds. The number of nitrogens with zero attached hydrogens (tertiary/aromatic N) is 1. The van der Waals surface area contributed by atoms with Gasteiger partial charge in [-0.1, -0.05) is 25.3 Å². The van der Waals surface area contributed by atoms with Crippen molar-refractivity contribution in [2.45, 2.75) is 39.0 Å². The third kappa shape index (κ3) is 3.59. The molecule has 0 spiro atoms. The second-order valence-corrected chi connectivity index (χ2v) is 5.25. The van der Waals surface area contributed by atoms with Crippen LogP contribution in [-0.2, 0) is 0 Å². The molecule has 1 saturated carbocycles. The second-order valence-electron chi connectivity index (χ2n) is 5.25. The van der Waals surface area contributed by atoms with Crippen LogP contribution in [0.2, 0.25) is 0 Å². The molecule has 0 saturated heterocycles. The number of rotatable bonds is 4. The first-order valence-corrected chi connectivity index (χ1v) is 7.19. The van der Waals surface area contributed by atoms with Crippen LogP contribution >= 0.6 is 0 Å². The maximum Gasteiger partial charge on any atom is 0.271 e. The van der Waals surface area contributed by atoms with Crippen molar-refractivity contribution in [2.75, 3.05) is 7.11 Å². The zero-order chi connectivity index (χ0) is 14.4. The fourth-order valence-corrected chi connectivity index (χ4v) is 2.63. The average molecular weight is 274 g/mol. The molecule has 108 valence electrons. The van der Waals surface area contributed by atoms with Gasteiger partial charge in [-0.25, -0.2) is 5.43 Å². The van der Waals surface area contributed by atoms with Crippen molar-refractivity contribution >= 4 is 12.1 Å². The van der Waals surface area contributed by atoms with Gasteiger partial charge in [-0.2, -0.15) is 5.10 Å². The highest BCUT2D eigenvalue weighted by Gasteiger charge is 2.13. The van der Waals surface area contributed by atoms with E-state index in [1.807, 2.05) is 25.3 Å². The molecule has 0 aromatic heterocycles. The summed E-state index contributed by atoms with van der Waals surface area (Å²) in [6, 6.07) is 5.44. The molecule has 4 nitrogen and oxygen atoms in total. The lowest BCUT2D eigenvalue weighted by Gasteiger charge is -2.16. The molecule has 0 radical (unpaired) electrons. The van der Waals surface area contributed by atoms with Gasteiger partial charge in [0.15, 0.2) is 0 Å². The molecule has 0 bridgehead atoms. The summed E-state index contributed by atoms with van der Waals surface area (Å²) in [6.45, 7) is 1.87. The van der Waals surface area contributed by atoms with Gasteiger partial charge in [0.05, 0.1) is 7.11 Å². The van der Waals surface area contributed by atoms with Gasteiger partial charge in [0.25, 0.3) is 5.91 Å². The molecule has 0 heterocycles. The van der Waals surface area contributed by atoms with Crippen molar-refractivity contribution in [1.82, 2.24) is 5.43 Å². The van der Waals surface area contributed by atoms with Crippen molar-refractivity contribution in [1.29, 1.82) is 0 Å². The highest BCUT2D eigenvalue weighted by atomic mass is 16.5. The summed E-state index contributed by atoms with van der Waals surface area (Å²) in [6.07, 6.45) is 8.08. The Hall–Kier alpha value is -1.84. The minimum atomic E-state index is -0.187. The number of hydrazone groups is 1. The lowest BCUT2D eigenvalue weighted by atomic mass is 9.90. The largest absolute Gasteiger partial charge is 0.496 e. The third-order valence-electron chi connectivity index (χ3n) is 3.85. The zero-order valence-electron chi connectivity index (χ0n) is 12.2. The first kappa shape index (κ1) is 14.6. The summed E-state index contributed by atoms with van der Waals surface area (Å²) < 4.78 is 5.22. The normalized spacial score (nSPS) is 16.3. The molecule has 1 fully saturated rings. The van der Waals surface area contributed by atoms with Gasteiger partial charge in [0, 0.05) is 17.3 Å². The average Bonchev–Trinajstić information content (AvgIpc) is 2.48. The van der Waals surface area contributed by atoms with Crippen LogP contribution in [0.4, 0.5) is 0 Å². The number of carbonyl (C=O) groups excluding carboxylic acids is 1. The van der Waals surface area contributed by atoms with Crippen LogP contribution in [0, 0.1) is 12.8 Å². The van der Waals surface area contributed by atoms with Gasteiger partial charge in [0.1, 0.15) is 5.75 Å². The van der Waals surface area contributed by atoms with Crippen LogP contribution in [0.15, 0.2) is 23.3 Å². The molecule has 2 rings (SSSR count). The van der Waals surface area contributed by atoms with Gasteiger partial charge in [-0.15, -0.1) is 0 Å². The number of hydrogen-bond acceptors (Lipinski definition) is 3. The first-order chi connectivity index (χ1) is 9.72. The molecule has 0 unspecified atom stereocenters. The molecule has 0 atom stereocenters. The summed E-state index contributed by atoms with van der Waals surface area (Å²) >= 11 is 0. The van der Waals surface area contributed by atoms with Crippen LogP contribution in [0.25, 0.3) is 0 Å². The SMILES string of the molecule is COc1cccc(C(=O)NN=CC2CCCCC2)c1C. The number of carbonyl (C=O) groups is 1. The van der Waals surface area contributed by atoms with E-state index in [0.29, 0.717) is 17.2 Å². The van der Waals surface area contributed by atoms with E-state index in [1.165, 1.54) is 32.1 Å². The van der Waals surface area contributed by atoms with Crippen molar-refractivity contribution < 1.29 is 9.53 Å². The van der Waals surface area contributed by atoms with E-state index in [-0.39, 0.29) is 5.91 Å². The van der Waals surface area contributed by atoms with Gasteiger partial charge in [0.2, 0.25) is 0 Å². The molecule has 0 aliphatic heterocycles. The predicted octanol–water partition coefficient (Wildman–Crippen LogP) is 3.30. The third-order valence-corrected chi connectivity index (χ3v) is 3.85. The Kier molecular flexibility index (Phi) is 5.16. The van der Waals surface area contributed by atoms with Crippen LogP contribution in [0.3, 0.4) is 0 Å². The first-order valence-electron chi connectivity index (χ1n) is 7.19. The summed E-state index contributed by atoms with van der Waals surface area (Å²) in [5.74, 6) is 1.04. The molecule has 1 aromatic carbocycles. The van der Waals surface area contributed by atoms with E-state index in [4.69, 9.17) is 4.74 Å². The number of ether oxygens (including phenoxy) is 1. The second kappa shape index (κ2) is 7.08. The van der Waals surface area contributed by atoms with E-state index in [1.54, 1.807) is 13.2 Å². The number of nitrogens with one attached hydrogen (secondary N) is 1. The topological polar surface area (TPSA) is 50.7 Å². The molecule has 1 aliphatic rings. The lowest BCUT2D eigenvalue weighted by molar-refractivity contribution is 0.0954. The van der Waals surface area contributed by atoms with Gasteiger partial charge in [-0.3, -0.25) is 4.79 Å². The van der Waals surface area contributed by atoms with Gasteiger partial charge < -0.3 is 4.74 Å². The highest BCUT2D eigenvalue weighted by Crippen LogP contribution is 2.22. The summed E-state index contributed by atoms with van der Waals surface area (Å²) in [5, 5.41) is 4.10. The molecule has 1 aromatic rings. The summed E-state index contributed by atoms with van der Waals surface area (Å²) in [7, 11) is 1.60. The Balaban J connectivity index is 1.96. The van der Waals surface area contributed by atoms with Crippen molar-refractivity contribution in [3.05, 3.63) is 29.3 Å². The van der Waals surface area contributed by atoms with Crippen LogP contribution in [0.5, 0.6) is 5.75 Å². The van der Waals surface area contributed by atoms with E-state index in [0.717, 1.165) is 5.56 Å². The molecule has 4 heteroatoms.